The topological polar surface area (TPSA) is 93.5 Å². The van der Waals surface area contributed by atoms with Crippen LogP contribution < -0.4 is 10.9 Å². The first kappa shape index (κ1) is 23.8. The number of aromatic nitrogens is 2. The van der Waals surface area contributed by atoms with E-state index in [1.54, 1.807) is 24.3 Å². The Morgan fingerprint density at radius 2 is 1.71 bits per heavy atom. The molecule has 1 aromatic heterocycles. The first-order chi connectivity index (χ1) is 16.9. The monoisotopic (exact) mass is 470 g/mol. The van der Waals surface area contributed by atoms with Gasteiger partial charge in [0.25, 0.3) is 11.5 Å². The van der Waals surface area contributed by atoms with Crippen molar-refractivity contribution >= 4 is 28.5 Å². The fraction of sp³-hybridized carbons (Fsp3) is 0.185. The Morgan fingerprint density at radius 3 is 2.49 bits per heavy atom. The maximum absolute atomic E-state index is 12.9. The highest BCUT2D eigenvalue weighted by molar-refractivity contribution is 6.05. The van der Waals surface area contributed by atoms with Crippen molar-refractivity contribution in [2.75, 3.05) is 19.5 Å². The summed E-state index contributed by atoms with van der Waals surface area (Å²) in [6.45, 7) is 1.26. The van der Waals surface area contributed by atoms with Gasteiger partial charge in [0, 0.05) is 24.3 Å². The second-order valence-corrected chi connectivity index (χ2v) is 8.30. The number of fused-ring (bicyclic) bond motifs is 1. The van der Waals surface area contributed by atoms with Crippen LogP contribution >= 0.6 is 0 Å². The first-order valence-corrected chi connectivity index (χ1v) is 11.1. The van der Waals surface area contributed by atoms with Crippen LogP contribution in [0.5, 0.6) is 0 Å². The van der Waals surface area contributed by atoms with Gasteiger partial charge >= 0.3 is 5.97 Å². The summed E-state index contributed by atoms with van der Waals surface area (Å²) >= 11 is 0. The zero-order valence-corrected chi connectivity index (χ0v) is 19.6. The highest BCUT2D eigenvalue weighted by Gasteiger charge is 2.12. The van der Waals surface area contributed by atoms with E-state index in [0.29, 0.717) is 28.7 Å². The number of ether oxygens (including phenoxy) is 1. The molecular weight excluding hydrogens is 444 g/mol. The molecule has 0 bridgehead atoms. The lowest BCUT2D eigenvalue weighted by molar-refractivity contribution is -0.141. The normalized spacial score (nSPS) is 10.9. The number of esters is 1. The molecule has 0 aliphatic rings. The third kappa shape index (κ3) is 5.99. The second kappa shape index (κ2) is 10.8. The van der Waals surface area contributed by atoms with Gasteiger partial charge in [-0.05, 0) is 48.5 Å². The third-order valence-electron chi connectivity index (χ3n) is 5.55. The lowest BCUT2D eigenvalue weighted by atomic mass is 10.1. The Kier molecular flexibility index (Phi) is 7.32. The van der Waals surface area contributed by atoms with Gasteiger partial charge in [-0.1, -0.05) is 42.5 Å². The lowest BCUT2D eigenvalue weighted by Gasteiger charge is -2.17. The zero-order chi connectivity index (χ0) is 24.8. The van der Waals surface area contributed by atoms with Crippen LogP contribution in [0.4, 0.5) is 5.69 Å². The highest BCUT2D eigenvalue weighted by atomic mass is 16.5. The molecule has 0 radical (unpaired) electrons. The van der Waals surface area contributed by atoms with E-state index in [4.69, 9.17) is 0 Å². The van der Waals surface area contributed by atoms with Crippen LogP contribution in [0, 0.1) is 0 Å². The maximum atomic E-state index is 12.9. The summed E-state index contributed by atoms with van der Waals surface area (Å²) in [5.41, 5.74) is 3.30. The molecule has 178 valence electrons. The fourth-order valence-corrected chi connectivity index (χ4v) is 3.83. The average molecular weight is 471 g/mol. The molecule has 0 spiro atoms. The van der Waals surface area contributed by atoms with Gasteiger partial charge in [-0.25, -0.2) is 4.98 Å². The molecule has 0 aliphatic carbocycles. The number of carbonyl (C=O) groups is 2. The SMILES string of the molecule is COC(=O)Cn1cnc2ccc(NC(=O)c3cccc(CN(C)Cc4ccccc4)c3)cc2c1=O. The molecule has 0 saturated carbocycles. The van der Waals surface area contributed by atoms with Crippen molar-refractivity contribution < 1.29 is 14.3 Å². The summed E-state index contributed by atoms with van der Waals surface area (Å²) in [6.07, 6.45) is 1.31. The Labute approximate surface area is 202 Å². The van der Waals surface area contributed by atoms with Crippen molar-refractivity contribution in [1.29, 1.82) is 0 Å². The van der Waals surface area contributed by atoms with Gasteiger partial charge in [-0.3, -0.25) is 23.9 Å². The number of nitrogens with zero attached hydrogens (tertiary/aromatic N) is 3. The van der Waals surface area contributed by atoms with Gasteiger partial charge in [0.15, 0.2) is 0 Å². The minimum Gasteiger partial charge on any atom is -0.468 e. The van der Waals surface area contributed by atoms with Crippen LogP contribution in [0.1, 0.15) is 21.5 Å². The number of benzene rings is 3. The van der Waals surface area contributed by atoms with Crippen molar-refractivity contribution in [2.45, 2.75) is 19.6 Å². The number of hydrogen-bond acceptors (Lipinski definition) is 6. The van der Waals surface area contributed by atoms with E-state index in [1.165, 1.54) is 23.6 Å². The largest absolute Gasteiger partial charge is 0.468 e. The first-order valence-electron chi connectivity index (χ1n) is 11.1. The molecule has 8 nitrogen and oxygen atoms in total. The molecular formula is C27H26N4O4. The molecule has 0 unspecified atom stereocenters. The van der Waals surface area contributed by atoms with Crippen LogP contribution in [-0.2, 0) is 29.2 Å². The molecule has 4 aromatic rings. The van der Waals surface area contributed by atoms with Crippen molar-refractivity contribution in [2.24, 2.45) is 0 Å². The van der Waals surface area contributed by atoms with Crippen LogP contribution in [0.15, 0.2) is 83.9 Å². The van der Waals surface area contributed by atoms with Gasteiger partial charge < -0.3 is 10.1 Å². The smallest absolute Gasteiger partial charge is 0.325 e. The summed E-state index contributed by atoms with van der Waals surface area (Å²) in [6, 6.07) is 22.6. The van der Waals surface area contributed by atoms with Gasteiger partial charge in [0.2, 0.25) is 0 Å². The molecule has 3 aromatic carbocycles. The molecule has 4 rings (SSSR count). The quantitative estimate of drug-likeness (QED) is 0.397. The Balaban J connectivity index is 1.48. The Bertz CT molecular complexity index is 1420. The van der Waals surface area contributed by atoms with Gasteiger partial charge in [0.1, 0.15) is 6.54 Å². The van der Waals surface area contributed by atoms with E-state index in [-0.39, 0.29) is 18.0 Å². The summed E-state index contributed by atoms with van der Waals surface area (Å²) in [5.74, 6) is -0.831. The molecule has 0 aliphatic heterocycles. The van der Waals surface area contributed by atoms with E-state index in [0.717, 1.165) is 12.1 Å². The molecule has 1 amide bonds. The molecule has 0 fully saturated rings. The Morgan fingerprint density at radius 1 is 0.971 bits per heavy atom. The number of rotatable bonds is 8. The molecule has 35 heavy (non-hydrogen) atoms. The number of nitrogens with one attached hydrogen (secondary N) is 1. The van der Waals surface area contributed by atoms with Gasteiger partial charge in [-0.2, -0.15) is 0 Å². The number of amides is 1. The molecule has 0 saturated heterocycles. The maximum Gasteiger partial charge on any atom is 0.325 e. The third-order valence-corrected chi connectivity index (χ3v) is 5.55. The van der Waals surface area contributed by atoms with Crippen molar-refractivity contribution in [1.82, 2.24) is 14.5 Å². The van der Waals surface area contributed by atoms with E-state index in [9.17, 15) is 14.4 Å². The Hall–Kier alpha value is -4.30. The summed E-state index contributed by atoms with van der Waals surface area (Å²) < 4.78 is 5.80. The van der Waals surface area contributed by atoms with Gasteiger partial charge in [-0.15, -0.1) is 0 Å². The van der Waals surface area contributed by atoms with E-state index in [2.05, 4.69) is 32.1 Å². The number of methoxy groups -OCH3 is 1. The zero-order valence-electron chi connectivity index (χ0n) is 19.6. The lowest BCUT2D eigenvalue weighted by Crippen LogP contribution is -2.25. The van der Waals surface area contributed by atoms with E-state index >= 15 is 0 Å². The van der Waals surface area contributed by atoms with Crippen molar-refractivity contribution in [3.8, 4) is 0 Å². The predicted octanol–water partition coefficient (Wildman–Crippen LogP) is 3.45. The highest BCUT2D eigenvalue weighted by Crippen LogP contribution is 2.17. The summed E-state index contributed by atoms with van der Waals surface area (Å²) in [7, 11) is 3.29. The summed E-state index contributed by atoms with van der Waals surface area (Å²) in [4.78, 5) is 43.6. The second-order valence-electron chi connectivity index (χ2n) is 8.30. The summed E-state index contributed by atoms with van der Waals surface area (Å²) in [5, 5.41) is 3.15. The van der Waals surface area contributed by atoms with Crippen molar-refractivity contribution in [3.05, 3.63) is 106 Å². The molecule has 0 atom stereocenters. The van der Waals surface area contributed by atoms with E-state index in [1.807, 2.05) is 43.4 Å². The predicted molar refractivity (Wildman–Crippen MR) is 134 cm³/mol. The van der Waals surface area contributed by atoms with Crippen LogP contribution in [0.25, 0.3) is 10.9 Å². The minimum absolute atomic E-state index is 0.236. The number of carbonyl (C=O) groups excluding carboxylic acids is 2. The minimum atomic E-state index is -0.549. The number of anilines is 1. The number of hydrogen-bond donors (Lipinski definition) is 1. The van der Waals surface area contributed by atoms with E-state index < -0.39 is 5.97 Å². The molecule has 8 heteroatoms. The molecule has 1 N–H and O–H groups in total. The van der Waals surface area contributed by atoms with Crippen molar-refractivity contribution in [3.63, 3.8) is 0 Å². The van der Waals surface area contributed by atoms with Crippen LogP contribution in [-0.4, -0.2) is 40.5 Å². The fourth-order valence-electron chi connectivity index (χ4n) is 3.83. The standard InChI is InChI=1S/C27H26N4O4/c1-30(15-19-7-4-3-5-8-19)16-20-9-6-10-21(13-20)26(33)29-22-11-12-24-23(14-22)27(34)31(18-28-24)17-25(32)35-2/h3-14,18H,15-17H2,1-2H3,(H,29,33). The molecule has 1 heterocycles. The average Bonchev–Trinajstić information content (AvgIpc) is 2.86. The van der Waals surface area contributed by atoms with Crippen LogP contribution in [0.3, 0.4) is 0 Å². The van der Waals surface area contributed by atoms with Gasteiger partial charge in [0.05, 0.1) is 24.3 Å². The van der Waals surface area contributed by atoms with Crippen LogP contribution in [0.2, 0.25) is 0 Å².